The first-order valence-electron chi connectivity index (χ1n) is 12.6. The molecule has 0 spiro atoms. The summed E-state index contributed by atoms with van der Waals surface area (Å²) < 4.78 is 9.46. The van der Waals surface area contributed by atoms with Gasteiger partial charge < -0.3 is 15.0 Å². The number of nitriles is 1. The molecule has 2 atom stereocenters. The van der Waals surface area contributed by atoms with Crippen LogP contribution in [0.5, 0.6) is 5.75 Å². The van der Waals surface area contributed by atoms with E-state index in [1.165, 1.54) is 0 Å². The highest BCUT2D eigenvalue weighted by Gasteiger charge is 2.33. The fourth-order valence-electron chi connectivity index (χ4n) is 5.79. The highest BCUT2D eigenvalue weighted by atomic mass is 16.5. The Morgan fingerprint density at radius 2 is 2.00 bits per heavy atom. The highest BCUT2D eigenvalue weighted by molar-refractivity contribution is 5.76. The lowest BCUT2D eigenvalue weighted by Gasteiger charge is -2.36. The Labute approximate surface area is 205 Å². The summed E-state index contributed by atoms with van der Waals surface area (Å²) in [6.07, 6.45) is 11.4. The Morgan fingerprint density at radius 1 is 1.20 bits per heavy atom. The summed E-state index contributed by atoms with van der Waals surface area (Å²) in [6, 6.07) is 5.41. The zero-order valence-electron chi connectivity index (χ0n) is 20.7. The van der Waals surface area contributed by atoms with E-state index in [1.54, 1.807) is 17.8 Å². The van der Waals surface area contributed by atoms with E-state index in [2.05, 4.69) is 33.0 Å². The molecule has 1 unspecified atom stereocenters. The lowest BCUT2D eigenvalue weighted by atomic mass is 10.0. The fraction of sp³-hybridized carbons (Fsp3) is 0.538. The first-order valence-corrected chi connectivity index (χ1v) is 12.6. The Morgan fingerprint density at radius 3 is 2.71 bits per heavy atom. The van der Waals surface area contributed by atoms with E-state index < -0.39 is 0 Å². The van der Waals surface area contributed by atoms with Crippen molar-refractivity contribution in [1.29, 1.82) is 5.26 Å². The second-order valence-corrected chi connectivity index (χ2v) is 9.70. The molecule has 4 heterocycles. The van der Waals surface area contributed by atoms with Crippen molar-refractivity contribution >= 4 is 11.4 Å². The van der Waals surface area contributed by atoms with Crippen LogP contribution in [0.4, 0.5) is 0 Å². The number of rotatable bonds is 6. The van der Waals surface area contributed by atoms with E-state index in [9.17, 15) is 10.1 Å². The molecule has 9 heteroatoms. The molecule has 184 valence electrons. The van der Waals surface area contributed by atoms with Gasteiger partial charge in [0.1, 0.15) is 22.9 Å². The van der Waals surface area contributed by atoms with E-state index in [-0.39, 0.29) is 5.91 Å². The summed E-state index contributed by atoms with van der Waals surface area (Å²) >= 11 is 0. The third-order valence-electron chi connectivity index (χ3n) is 7.73. The van der Waals surface area contributed by atoms with Gasteiger partial charge in [-0.15, -0.1) is 0 Å². The van der Waals surface area contributed by atoms with Crippen LogP contribution >= 0.6 is 0 Å². The molecular weight excluding hydrogens is 442 g/mol. The normalized spacial score (nSPS) is 21.3. The molecular formula is C26H33N7O2. The molecule has 2 fully saturated rings. The number of aromatic nitrogens is 4. The van der Waals surface area contributed by atoms with Crippen LogP contribution in [-0.2, 0) is 4.79 Å². The Hall–Kier alpha value is -3.38. The molecule has 0 aromatic carbocycles. The van der Waals surface area contributed by atoms with E-state index in [0.29, 0.717) is 41.4 Å². The van der Waals surface area contributed by atoms with Crippen LogP contribution in [0.15, 0.2) is 24.7 Å². The van der Waals surface area contributed by atoms with Crippen LogP contribution in [0.25, 0.3) is 16.6 Å². The number of nitrogens with zero attached hydrogens (tertiary/aromatic N) is 6. The van der Waals surface area contributed by atoms with Gasteiger partial charge in [0, 0.05) is 54.6 Å². The number of amides is 1. The first kappa shape index (κ1) is 23.4. The number of piperidine rings is 1. The highest BCUT2D eigenvalue weighted by Crippen LogP contribution is 2.34. The van der Waals surface area contributed by atoms with Crippen LogP contribution in [0, 0.1) is 18.3 Å². The fourth-order valence-corrected chi connectivity index (χ4v) is 5.79. The van der Waals surface area contributed by atoms with Crippen LogP contribution in [0.2, 0.25) is 0 Å². The standard InChI is InChI=1S/C26H33N7O2/c1-4-25(34)30-20-5-6-22(12-20)31-9-7-21(8-10-31)33-17(2)23(15-29-33)18-11-24(35-3)26-19(13-27)14-28-32(26)16-18/h11,14-16,20-22H,4-10,12H2,1-3H3,(H,30,34)/t20-,22?/m1/s1. The van der Waals surface area contributed by atoms with Gasteiger partial charge in [-0.25, -0.2) is 4.52 Å². The number of nitrogens with one attached hydrogen (secondary N) is 1. The minimum absolute atomic E-state index is 0.161. The Bertz CT molecular complexity index is 1260. The van der Waals surface area contributed by atoms with E-state index in [0.717, 1.165) is 62.0 Å². The van der Waals surface area contributed by atoms with Crippen LogP contribution < -0.4 is 10.1 Å². The number of likely N-dealkylation sites (tertiary alicyclic amines) is 1. The zero-order chi connectivity index (χ0) is 24.5. The minimum Gasteiger partial charge on any atom is -0.494 e. The van der Waals surface area contributed by atoms with Gasteiger partial charge in [0.25, 0.3) is 0 Å². The van der Waals surface area contributed by atoms with Gasteiger partial charge in [-0.05, 0) is 45.1 Å². The van der Waals surface area contributed by atoms with Crippen molar-refractivity contribution in [2.24, 2.45) is 0 Å². The maximum Gasteiger partial charge on any atom is 0.219 e. The second-order valence-electron chi connectivity index (χ2n) is 9.70. The molecule has 0 bridgehead atoms. The van der Waals surface area contributed by atoms with Crippen LogP contribution in [0.1, 0.15) is 62.7 Å². The van der Waals surface area contributed by atoms with Gasteiger partial charge in [-0.2, -0.15) is 15.5 Å². The largest absolute Gasteiger partial charge is 0.494 e. The van der Waals surface area contributed by atoms with Crippen molar-refractivity contribution < 1.29 is 9.53 Å². The quantitative estimate of drug-likeness (QED) is 0.586. The summed E-state index contributed by atoms with van der Waals surface area (Å²) in [6.45, 7) is 6.14. The van der Waals surface area contributed by atoms with Gasteiger partial charge in [-0.3, -0.25) is 9.48 Å². The average molecular weight is 476 g/mol. The average Bonchev–Trinajstić information content (AvgIpc) is 3.61. The monoisotopic (exact) mass is 475 g/mol. The smallest absolute Gasteiger partial charge is 0.219 e. The topological polar surface area (TPSA) is 100 Å². The SMILES string of the molecule is CCC(=O)N[C@@H]1CCC(N2CCC(n3ncc(-c4cc(OC)c5c(C#N)cnn5c4)c3C)CC2)C1. The zero-order valence-corrected chi connectivity index (χ0v) is 20.7. The number of ether oxygens (including phenoxy) is 1. The van der Waals surface area contributed by atoms with Gasteiger partial charge in [-0.1, -0.05) is 6.92 Å². The van der Waals surface area contributed by atoms with Crippen molar-refractivity contribution in [1.82, 2.24) is 29.6 Å². The molecule has 9 nitrogen and oxygen atoms in total. The molecule has 1 amide bonds. The molecule has 1 saturated carbocycles. The molecule has 3 aromatic heterocycles. The lowest BCUT2D eigenvalue weighted by Crippen LogP contribution is -2.42. The van der Waals surface area contributed by atoms with Crippen molar-refractivity contribution in [3.8, 4) is 22.9 Å². The lowest BCUT2D eigenvalue weighted by molar-refractivity contribution is -0.121. The third kappa shape index (κ3) is 4.39. The number of carbonyl (C=O) groups is 1. The molecule has 1 N–H and O–H groups in total. The molecule has 2 aliphatic rings. The second kappa shape index (κ2) is 9.70. The molecule has 35 heavy (non-hydrogen) atoms. The number of hydrogen-bond acceptors (Lipinski definition) is 6. The maximum absolute atomic E-state index is 11.7. The third-order valence-corrected chi connectivity index (χ3v) is 7.73. The number of pyridine rings is 1. The van der Waals surface area contributed by atoms with E-state index >= 15 is 0 Å². The summed E-state index contributed by atoms with van der Waals surface area (Å²) in [5.41, 5.74) is 4.32. The summed E-state index contributed by atoms with van der Waals surface area (Å²) in [7, 11) is 1.61. The van der Waals surface area contributed by atoms with E-state index in [4.69, 9.17) is 9.84 Å². The summed E-state index contributed by atoms with van der Waals surface area (Å²) in [5, 5.41) is 21.7. The van der Waals surface area contributed by atoms with E-state index in [1.807, 2.05) is 25.4 Å². The Balaban J connectivity index is 1.28. The van der Waals surface area contributed by atoms with Gasteiger partial charge in [0.15, 0.2) is 0 Å². The number of methoxy groups -OCH3 is 1. The molecule has 1 aliphatic heterocycles. The van der Waals surface area contributed by atoms with Gasteiger partial charge >= 0.3 is 0 Å². The molecule has 5 rings (SSSR count). The number of hydrogen-bond donors (Lipinski definition) is 1. The summed E-state index contributed by atoms with van der Waals surface area (Å²) in [4.78, 5) is 14.4. The molecule has 1 aliphatic carbocycles. The van der Waals surface area contributed by atoms with Gasteiger partial charge in [0.2, 0.25) is 5.91 Å². The molecule has 0 radical (unpaired) electrons. The number of fused-ring (bicyclic) bond motifs is 1. The van der Waals surface area contributed by atoms with Crippen molar-refractivity contribution in [3.63, 3.8) is 0 Å². The van der Waals surface area contributed by atoms with Gasteiger partial charge in [0.05, 0.1) is 25.5 Å². The maximum atomic E-state index is 11.7. The minimum atomic E-state index is 0.161. The van der Waals surface area contributed by atoms with Crippen molar-refractivity contribution in [2.45, 2.75) is 70.5 Å². The molecule has 1 saturated heterocycles. The van der Waals surface area contributed by atoms with Crippen molar-refractivity contribution in [2.75, 3.05) is 20.2 Å². The first-order chi connectivity index (χ1) is 17.0. The Kier molecular flexibility index (Phi) is 6.48. The van der Waals surface area contributed by atoms with Crippen LogP contribution in [0.3, 0.4) is 0 Å². The summed E-state index contributed by atoms with van der Waals surface area (Å²) in [5.74, 6) is 0.788. The van der Waals surface area contributed by atoms with Crippen LogP contribution in [-0.4, -0.2) is 62.5 Å². The predicted octanol–water partition coefficient (Wildman–Crippen LogP) is 3.47. The van der Waals surface area contributed by atoms with Crippen molar-refractivity contribution in [3.05, 3.63) is 35.9 Å². The number of carbonyl (C=O) groups excluding carboxylic acids is 1. The predicted molar refractivity (Wildman–Crippen MR) is 132 cm³/mol. The molecule has 3 aromatic rings.